The molecular formula is C36H55N7O10. The van der Waals surface area contributed by atoms with Crippen molar-refractivity contribution in [2.24, 2.45) is 17.4 Å². The highest BCUT2D eigenvalue weighted by Crippen LogP contribution is 2.23. The second-order valence-electron chi connectivity index (χ2n) is 14.2. The van der Waals surface area contributed by atoms with Crippen LogP contribution in [-0.4, -0.2) is 122 Å². The van der Waals surface area contributed by atoms with Crippen LogP contribution in [0.25, 0.3) is 0 Å². The van der Waals surface area contributed by atoms with Crippen molar-refractivity contribution < 1.29 is 48.9 Å². The number of phenols is 1. The standard InChI is InChI=1S/C36H55N7O10/c1-21(2)19-27(35(51)43-18-6-9-29(43)33(49)40-26(36(52)53)7-3-4-16-37)41-31(47)25(14-15-30(45)46)39-32(48)28-8-5-17-42(28)34(50)24(38)20-22-10-12-23(44)13-11-22/h10-13,21,24-29,44H,3-9,14-20,37-38H2,1-2H3,(H,39,48)(H,40,49)(H,41,47)(H,45,46)(H,52,53)/t24-,25-,26-,27-,28-,29-/m0/s1. The first-order valence-corrected chi connectivity index (χ1v) is 18.3. The van der Waals surface area contributed by atoms with Crippen molar-refractivity contribution >= 4 is 41.5 Å². The SMILES string of the molecule is CC(C)C[C@H](NC(=O)[C@H](CCC(=O)O)NC(=O)[C@@H]1CCCN1C(=O)[C@@H](N)Cc1ccc(O)cc1)C(=O)N1CCC[C@H]1C(=O)N[C@@H](CCCCN)C(=O)O. The molecule has 294 valence electrons. The van der Waals surface area contributed by atoms with Gasteiger partial charge in [0.2, 0.25) is 29.5 Å². The van der Waals surface area contributed by atoms with Gasteiger partial charge in [0.15, 0.2) is 0 Å². The van der Waals surface area contributed by atoms with Crippen molar-refractivity contribution in [3.05, 3.63) is 29.8 Å². The molecule has 53 heavy (non-hydrogen) atoms. The molecule has 2 aliphatic rings. The molecule has 10 N–H and O–H groups in total. The molecule has 2 saturated heterocycles. The van der Waals surface area contributed by atoms with Gasteiger partial charge in [-0.2, -0.15) is 0 Å². The van der Waals surface area contributed by atoms with Gasteiger partial charge in [-0.05, 0) is 94.4 Å². The fourth-order valence-corrected chi connectivity index (χ4v) is 6.78. The molecule has 17 nitrogen and oxygen atoms in total. The largest absolute Gasteiger partial charge is 0.508 e. The number of nitrogens with one attached hydrogen (secondary N) is 3. The molecule has 2 fully saturated rings. The first kappa shape index (κ1) is 42.6. The molecule has 0 aromatic heterocycles. The van der Waals surface area contributed by atoms with Gasteiger partial charge in [0.05, 0.1) is 6.04 Å². The molecule has 2 heterocycles. The van der Waals surface area contributed by atoms with Gasteiger partial charge in [-0.1, -0.05) is 26.0 Å². The average molecular weight is 746 g/mol. The summed E-state index contributed by atoms with van der Waals surface area (Å²) < 4.78 is 0. The van der Waals surface area contributed by atoms with Crippen molar-refractivity contribution in [3.8, 4) is 5.75 Å². The number of nitrogens with two attached hydrogens (primary N) is 2. The van der Waals surface area contributed by atoms with E-state index in [0.29, 0.717) is 50.6 Å². The zero-order valence-electron chi connectivity index (χ0n) is 30.5. The molecule has 2 aliphatic heterocycles. The molecule has 1 aromatic carbocycles. The van der Waals surface area contributed by atoms with Crippen LogP contribution in [0.1, 0.15) is 83.6 Å². The Balaban J connectivity index is 1.73. The number of carbonyl (C=O) groups excluding carboxylic acids is 5. The Kier molecular flexibility index (Phi) is 16.5. The van der Waals surface area contributed by atoms with Gasteiger partial charge in [0.1, 0.15) is 36.0 Å². The molecular weight excluding hydrogens is 690 g/mol. The average Bonchev–Trinajstić information content (AvgIpc) is 3.80. The van der Waals surface area contributed by atoms with Crippen LogP contribution in [0.4, 0.5) is 0 Å². The highest BCUT2D eigenvalue weighted by molar-refractivity contribution is 5.97. The molecule has 0 radical (unpaired) electrons. The number of carboxylic acids is 2. The van der Waals surface area contributed by atoms with Gasteiger partial charge in [-0.25, -0.2) is 4.79 Å². The maximum atomic E-state index is 14.0. The molecule has 17 heteroatoms. The number of amides is 5. The monoisotopic (exact) mass is 745 g/mol. The van der Waals surface area contributed by atoms with E-state index in [4.69, 9.17) is 11.5 Å². The lowest BCUT2D eigenvalue weighted by atomic mass is 10.0. The van der Waals surface area contributed by atoms with Crippen molar-refractivity contribution in [1.82, 2.24) is 25.8 Å². The van der Waals surface area contributed by atoms with E-state index in [1.54, 1.807) is 12.1 Å². The van der Waals surface area contributed by atoms with Gasteiger partial charge in [0.25, 0.3) is 0 Å². The van der Waals surface area contributed by atoms with E-state index in [2.05, 4.69) is 16.0 Å². The van der Waals surface area contributed by atoms with Gasteiger partial charge in [0, 0.05) is 19.5 Å². The number of carbonyl (C=O) groups is 7. The van der Waals surface area contributed by atoms with E-state index in [9.17, 15) is 48.9 Å². The van der Waals surface area contributed by atoms with E-state index in [1.807, 2.05) is 13.8 Å². The number of hydrogen-bond donors (Lipinski definition) is 8. The lowest BCUT2D eigenvalue weighted by Crippen LogP contribution is -2.59. The first-order valence-electron chi connectivity index (χ1n) is 18.3. The highest BCUT2D eigenvalue weighted by atomic mass is 16.4. The Morgan fingerprint density at radius 2 is 1.36 bits per heavy atom. The number of aliphatic carboxylic acids is 2. The second-order valence-corrected chi connectivity index (χ2v) is 14.2. The molecule has 0 bridgehead atoms. The van der Waals surface area contributed by atoms with Crippen LogP contribution in [0.3, 0.4) is 0 Å². The van der Waals surface area contributed by atoms with Gasteiger partial charge in [-0.15, -0.1) is 0 Å². The summed E-state index contributed by atoms with van der Waals surface area (Å²) in [5.74, 6) is -5.56. The van der Waals surface area contributed by atoms with E-state index in [0.717, 1.165) is 0 Å². The lowest BCUT2D eigenvalue weighted by molar-refractivity contribution is -0.145. The summed E-state index contributed by atoms with van der Waals surface area (Å²) in [6, 6.07) is -0.336. The van der Waals surface area contributed by atoms with Crippen LogP contribution in [0.15, 0.2) is 24.3 Å². The minimum absolute atomic E-state index is 0.0647. The number of phenolic OH excluding ortho intramolecular Hbond substituents is 1. The van der Waals surface area contributed by atoms with Crippen LogP contribution >= 0.6 is 0 Å². The summed E-state index contributed by atoms with van der Waals surface area (Å²) in [4.78, 5) is 94.0. The Morgan fingerprint density at radius 1 is 0.792 bits per heavy atom. The van der Waals surface area contributed by atoms with Crippen molar-refractivity contribution in [2.75, 3.05) is 19.6 Å². The number of aromatic hydroxyl groups is 1. The van der Waals surface area contributed by atoms with Crippen molar-refractivity contribution in [3.63, 3.8) is 0 Å². The third kappa shape index (κ3) is 12.7. The van der Waals surface area contributed by atoms with Crippen LogP contribution in [0, 0.1) is 5.92 Å². The molecule has 0 aliphatic carbocycles. The van der Waals surface area contributed by atoms with Crippen LogP contribution < -0.4 is 27.4 Å². The van der Waals surface area contributed by atoms with E-state index < -0.39 is 84.1 Å². The number of carboxylic acid groups (broad SMARTS) is 2. The third-order valence-electron chi connectivity index (χ3n) is 9.55. The minimum Gasteiger partial charge on any atom is -0.508 e. The summed E-state index contributed by atoms with van der Waals surface area (Å²) >= 11 is 0. The number of nitrogens with zero attached hydrogens (tertiary/aromatic N) is 2. The van der Waals surface area contributed by atoms with Crippen LogP contribution in [0.5, 0.6) is 5.75 Å². The van der Waals surface area contributed by atoms with Crippen molar-refractivity contribution in [2.45, 2.75) is 121 Å². The lowest BCUT2D eigenvalue weighted by Gasteiger charge is -2.31. The Bertz CT molecular complexity index is 1460. The normalized spacial score (nSPS) is 19.3. The third-order valence-corrected chi connectivity index (χ3v) is 9.55. The molecule has 0 spiro atoms. The number of likely N-dealkylation sites (tertiary alicyclic amines) is 2. The number of benzene rings is 1. The Hall–Kier alpha value is -4.77. The van der Waals surface area contributed by atoms with E-state index in [-0.39, 0.29) is 50.4 Å². The van der Waals surface area contributed by atoms with Gasteiger partial charge >= 0.3 is 11.9 Å². The maximum Gasteiger partial charge on any atom is 0.326 e. The number of unbranched alkanes of at least 4 members (excludes halogenated alkanes) is 1. The van der Waals surface area contributed by atoms with Gasteiger partial charge < -0.3 is 52.5 Å². The molecule has 3 rings (SSSR count). The zero-order chi connectivity index (χ0) is 39.2. The highest BCUT2D eigenvalue weighted by Gasteiger charge is 2.41. The summed E-state index contributed by atoms with van der Waals surface area (Å²) in [6.07, 6.45) is 2.36. The summed E-state index contributed by atoms with van der Waals surface area (Å²) in [6.45, 7) is 4.50. The predicted molar refractivity (Wildman–Crippen MR) is 192 cm³/mol. The first-order chi connectivity index (χ1) is 25.1. The number of rotatable bonds is 20. The molecule has 1 aromatic rings. The summed E-state index contributed by atoms with van der Waals surface area (Å²) in [5.41, 5.74) is 12.4. The summed E-state index contributed by atoms with van der Waals surface area (Å²) in [5, 5.41) is 36.4. The Morgan fingerprint density at radius 3 is 1.89 bits per heavy atom. The van der Waals surface area contributed by atoms with Crippen LogP contribution in [0.2, 0.25) is 0 Å². The minimum atomic E-state index is -1.37. The smallest absolute Gasteiger partial charge is 0.326 e. The Labute approximate surface area is 309 Å². The molecule has 0 unspecified atom stereocenters. The van der Waals surface area contributed by atoms with Crippen molar-refractivity contribution in [1.29, 1.82) is 0 Å². The second kappa shape index (κ2) is 20.5. The quantitative estimate of drug-likeness (QED) is 0.0808. The van der Waals surface area contributed by atoms with Crippen LogP contribution in [-0.2, 0) is 40.0 Å². The fourth-order valence-electron chi connectivity index (χ4n) is 6.78. The predicted octanol–water partition coefficient (Wildman–Crippen LogP) is -0.177. The number of hydrogen-bond acceptors (Lipinski definition) is 10. The molecule has 5 amide bonds. The summed E-state index contributed by atoms with van der Waals surface area (Å²) in [7, 11) is 0. The van der Waals surface area contributed by atoms with Gasteiger partial charge in [-0.3, -0.25) is 28.8 Å². The van der Waals surface area contributed by atoms with E-state index >= 15 is 0 Å². The zero-order valence-corrected chi connectivity index (χ0v) is 30.5. The topological polar surface area (TPSA) is 275 Å². The van der Waals surface area contributed by atoms with E-state index in [1.165, 1.54) is 21.9 Å². The molecule has 6 atom stereocenters. The maximum absolute atomic E-state index is 14.0. The fraction of sp³-hybridized carbons (Fsp3) is 0.639. The molecule has 0 saturated carbocycles.